The van der Waals surface area contributed by atoms with Crippen molar-refractivity contribution >= 4 is 5.91 Å². The molecule has 0 spiro atoms. The van der Waals surface area contributed by atoms with Crippen molar-refractivity contribution in [2.75, 3.05) is 0 Å². The smallest absolute Gasteiger partial charge is 0.265 e. The third-order valence-corrected chi connectivity index (χ3v) is 2.75. The van der Waals surface area contributed by atoms with E-state index in [1.54, 1.807) is 28.8 Å². The van der Waals surface area contributed by atoms with Gasteiger partial charge in [-0.05, 0) is 17.7 Å². The quantitative estimate of drug-likeness (QED) is 0.469. The molecule has 0 aliphatic carbocycles. The average Bonchev–Trinajstić information content (AvgIpc) is 2.89. The molecule has 3 N–H and O–H groups in total. The number of hydrogen-bond donors (Lipinski definition) is 2. The topological polar surface area (TPSA) is 121 Å². The van der Waals surface area contributed by atoms with Crippen molar-refractivity contribution in [1.29, 1.82) is 10.5 Å². The number of imidazole rings is 1. The fourth-order valence-corrected chi connectivity index (χ4v) is 1.74. The number of nitrogen functional groups attached to an aromatic ring is 1. The lowest BCUT2D eigenvalue weighted by atomic mass is 10.1. The number of rotatable bonds is 3. The van der Waals surface area contributed by atoms with Crippen LogP contribution in [0.25, 0.3) is 0 Å². The van der Waals surface area contributed by atoms with Crippen molar-refractivity contribution in [2.45, 2.75) is 6.54 Å². The molecule has 98 valence electrons. The van der Waals surface area contributed by atoms with E-state index in [0.717, 1.165) is 5.56 Å². The van der Waals surface area contributed by atoms with E-state index >= 15 is 0 Å². The zero-order chi connectivity index (χ0) is 14.5. The lowest BCUT2D eigenvalue weighted by Gasteiger charge is -2.05. The lowest BCUT2D eigenvalue weighted by Crippen LogP contribution is -2.29. The molecule has 0 unspecified atom stereocenters. The van der Waals surface area contributed by atoms with Gasteiger partial charge < -0.3 is 4.57 Å². The van der Waals surface area contributed by atoms with Gasteiger partial charge in [-0.2, -0.15) is 10.5 Å². The van der Waals surface area contributed by atoms with Gasteiger partial charge >= 0.3 is 0 Å². The summed E-state index contributed by atoms with van der Waals surface area (Å²) in [6, 6.07) is 10.6. The number of amides is 1. The summed E-state index contributed by atoms with van der Waals surface area (Å²) in [5, 5.41) is 17.8. The second-order valence-corrected chi connectivity index (χ2v) is 3.96. The van der Waals surface area contributed by atoms with Gasteiger partial charge in [0.15, 0.2) is 11.4 Å². The minimum atomic E-state index is -0.372. The number of hydrogen-bond acceptors (Lipinski definition) is 5. The zero-order valence-electron chi connectivity index (χ0n) is 10.4. The van der Waals surface area contributed by atoms with Crippen LogP contribution in [0.2, 0.25) is 0 Å². The van der Waals surface area contributed by atoms with E-state index in [0.29, 0.717) is 12.1 Å². The Balaban J connectivity index is 2.23. The first-order chi connectivity index (χ1) is 9.69. The third-order valence-electron chi connectivity index (χ3n) is 2.75. The molecule has 1 aromatic carbocycles. The van der Waals surface area contributed by atoms with Gasteiger partial charge in [-0.1, -0.05) is 12.1 Å². The summed E-state index contributed by atoms with van der Waals surface area (Å²) in [5.74, 6) is 4.67. The fraction of sp³-hybridized carbons (Fsp3) is 0.0769. The van der Waals surface area contributed by atoms with Crippen LogP contribution >= 0.6 is 0 Å². The van der Waals surface area contributed by atoms with Crippen LogP contribution in [0.4, 0.5) is 0 Å². The van der Waals surface area contributed by atoms with Gasteiger partial charge in [-0.25, -0.2) is 10.8 Å². The Morgan fingerprint density at radius 3 is 2.55 bits per heavy atom. The van der Waals surface area contributed by atoms with Crippen LogP contribution in [-0.2, 0) is 6.54 Å². The summed E-state index contributed by atoms with van der Waals surface area (Å²) in [4.78, 5) is 15.2. The number of aromatic nitrogens is 2. The minimum absolute atomic E-state index is 0.103. The molecule has 0 radical (unpaired) electrons. The summed E-state index contributed by atoms with van der Waals surface area (Å²) < 4.78 is 1.58. The molecular weight excluding hydrogens is 256 g/mol. The maximum absolute atomic E-state index is 11.3. The number of benzene rings is 1. The summed E-state index contributed by atoms with van der Waals surface area (Å²) in [6.07, 6.45) is 1.44. The van der Waals surface area contributed by atoms with Crippen LogP contribution in [0.15, 0.2) is 30.6 Å². The van der Waals surface area contributed by atoms with Crippen LogP contribution in [0.5, 0.6) is 0 Å². The van der Waals surface area contributed by atoms with Crippen molar-refractivity contribution in [2.24, 2.45) is 5.84 Å². The summed E-state index contributed by atoms with van der Waals surface area (Å²) in [6.45, 7) is 0.391. The molecule has 0 bridgehead atoms. The Morgan fingerprint density at radius 1 is 1.30 bits per heavy atom. The molecule has 0 fully saturated rings. The van der Waals surface area contributed by atoms with E-state index in [-0.39, 0.29) is 17.3 Å². The van der Waals surface area contributed by atoms with Gasteiger partial charge in [0.2, 0.25) is 0 Å². The first kappa shape index (κ1) is 13.3. The first-order valence-corrected chi connectivity index (χ1v) is 5.64. The molecule has 0 aliphatic rings. The maximum Gasteiger partial charge on any atom is 0.265 e. The highest BCUT2D eigenvalue weighted by Gasteiger charge is 2.10. The predicted molar refractivity (Wildman–Crippen MR) is 68.9 cm³/mol. The Hall–Kier alpha value is -3.16. The zero-order valence-corrected chi connectivity index (χ0v) is 10.4. The molecule has 0 atom stereocenters. The Kier molecular flexibility index (Phi) is 3.75. The lowest BCUT2D eigenvalue weighted by molar-refractivity contribution is 0.0953. The van der Waals surface area contributed by atoms with Crippen molar-refractivity contribution in [3.63, 3.8) is 0 Å². The number of hydrazine groups is 1. The van der Waals surface area contributed by atoms with Gasteiger partial charge in [-0.3, -0.25) is 10.2 Å². The van der Waals surface area contributed by atoms with Gasteiger partial charge in [0.1, 0.15) is 12.1 Å². The van der Waals surface area contributed by atoms with E-state index in [2.05, 4.69) is 4.98 Å². The second-order valence-electron chi connectivity index (χ2n) is 3.96. The Morgan fingerprint density at radius 2 is 2.00 bits per heavy atom. The SMILES string of the molecule is N#Cc1ncn(Cc2ccc(C(=O)NN)cc2)c1C#N. The molecule has 0 aliphatic heterocycles. The monoisotopic (exact) mass is 266 g/mol. The van der Waals surface area contributed by atoms with Crippen molar-refractivity contribution in [3.8, 4) is 12.1 Å². The molecule has 0 saturated heterocycles. The normalized spacial score (nSPS) is 9.55. The highest BCUT2D eigenvalue weighted by molar-refractivity contribution is 5.93. The van der Waals surface area contributed by atoms with Crippen LogP contribution in [0.1, 0.15) is 27.3 Å². The largest absolute Gasteiger partial charge is 0.317 e. The van der Waals surface area contributed by atoms with Crippen LogP contribution < -0.4 is 11.3 Å². The summed E-state index contributed by atoms with van der Waals surface area (Å²) in [5.41, 5.74) is 3.69. The number of nitrogens with two attached hydrogens (primary N) is 1. The van der Waals surface area contributed by atoms with Crippen molar-refractivity contribution < 1.29 is 4.79 Å². The van der Waals surface area contributed by atoms with Crippen LogP contribution in [0.3, 0.4) is 0 Å². The number of nitriles is 2. The van der Waals surface area contributed by atoms with Gasteiger partial charge in [0, 0.05) is 12.1 Å². The number of carbonyl (C=O) groups excluding carboxylic acids is 1. The molecule has 2 rings (SSSR count). The Bertz CT molecular complexity index is 717. The van der Waals surface area contributed by atoms with Crippen LogP contribution in [-0.4, -0.2) is 15.5 Å². The highest BCUT2D eigenvalue weighted by Crippen LogP contribution is 2.10. The van der Waals surface area contributed by atoms with E-state index in [9.17, 15) is 4.79 Å². The van der Waals surface area contributed by atoms with E-state index in [1.165, 1.54) is 6.33 Å². The summed E-state index contributed by atoms with van der Waals surface area (Å²) >= 11 is 0. The van der Waals surface area contributed by atoms with Crippen LogP contribution in [0, 0.1) is 22.7 Å². The van der Waals surface area contributed by atoms with Gasteiger partial charge in [-0.15, -0.1) is 0 Å². The van der Waals surface area contributed by atoms with Crippen molar-refractivity contribution in [3.05, 3.63) is 53.1 Å². The van der Waals surface area contributed by atoms with Gasteiger partial charge in [0.05, 0.1) is 6.33 Å². The third kappa shape index (κ3) is 2.48. The highest BCUT2D eigenvalue weighted by atomic mass is 16.2. The number of carbonyl (C=O) groups is 1. The van der Waals surface area contributed by atoms with Gasteiger partial charge in [0.25, 0.3) is 5.91 Å². The molecule has 7 nitrogen and oxygen atoms in total. The van der Waals surface area contributed by atoms with Crippen molar-refractivity contribution in [1.82, 2.24) is 15.0 Å². The minimum Gasteiger partial charge on any atom is -0.317 e. The maximum atomic E-state index is 11.3. The molecule has 7 heteroatoms. The number of nitrogens with zero attached hydrogens (tertiary/aromatic N) is 4. The van der Waals surface area contributed by atoms with E-state index in [4.69, 9.17) is 16.4 Å². The predicted octanol–water partition coefficient (Wildman–Crippen LogP) is 0.278. The molecule has 1 heterocycles. The second kappa shape index (κ2) is 5.65. The molecule has 2 aromatic rings. The first-order valence-electron chi connectivity index (χ1n) is 5.64. The average molecular weight is 266 g/mol. The molecule has 0 saturated carbocycles. The molecule has 1 aromatic heterocycles. The summed E-state index contributed by atoms with van der Waals surface area (Å²) in [7, 11) is 0. The fourth-order valence-electron chi connectivity index (χ4n) is 1.74. The molecular formula is C13H10N6O. The van der Waals surface area contributed by atoms with E-state index < -0.39 is 0 Å². The van der Waals surface area contributed by atoms with E-state index in [1.807, 2.05) is 17.6 Å². The molecule has 20 heavy (non-hydrogen) atoms. The Labute approximate surface area is 114 Å². The standard InChI is InChI=1S/C13H10N6O/c14-5-11-12(6-15)19(8-17-11)7-9-1-3-10(4-2-9)13(20)18-16/h1-4,8H,7,16H2,(H,18,20). The number of nitrogens with one attached hydrogen (secondary N) is 1. The molecule has 1 amide bonds.